The van der Waals surface area contributed by atoms with E-state index in [1.807, 2.05) is 30.3 Å². The van der Waals surface area contributed by atoms with Gasteiger partial charge in [-0.05, 0) is 24.3 Å². The molecule has 2 amide bonds. The molecule has 0 saturated heterocycles. The van der Waals surface area contributed by atoms with Crippen LogP contribution in [0, 0.1) is 11.8 Å². The van der Waals surface area contributed by atoms with E-state index in [9.17, 15) is 19.2 Å². The van der Waals surface area contributed by atoms with Gasteiger partial charge in [0.2, 0.25) is 0 Å². The minimum atomic E-state index is -0.913. The molecule has 3 rings (SSSR count). The van der Waals surface area contributed by atoms with Gasteiger partial charge in [0.25, 0.3) is 5.91 Å². The second-order valence-electron chi connectivity index (χ2n) is 14.8. The fourth-order valence-electron chi connectivity index (χ4n) is 6.47. The van der Waals surface area contributed by atoms with Gasteiger partial charge in [-0.2, -0.15) is 0 Å². The van der Waals surface area contributed by atoms with Gasteiger partial charge in [0, 0.05) is 18.9 Å². The number of amides is 2. The van der Waals surface area contributed by atoms with Crippen molar-refractivity contribution in [3.05, 3.63) is 47.9 Å². The maximum absolute atomic E-state index is 13.1. The minimum Gasteiger partial charge on any atom is -0.465 e. The molecule has 2 aromatic rings. The molecule has 2 heterocycles. The van der Waals surface area contributed by atoms with Gasteiger partial charge in [-0.15, -0.1) is 0 Å². The lowest BCUT2D eigenvalue weighted by atomic mass is 10.0. The molecule has 54 heavy (non-hydrogen) atoms. The van der Waals surface area contributed by atoms with Crippen LogP contribution >= 0.6 is 0 Å². The SMILES string of the molecule is CCCCCCCCCCCCCCCCCC(=O)OC[C@H](CCOC(=O)[C@@H](NC(=O)OCc1ccccc1)C(C)C)Cn1cnc2c1NC(N)NC2=O. The van der Waals surface area contributed by atoms with Crippen LogP contribution in [0.25, 0.3) is 0 Å². The summed E-state index contributed by atoms with van der Waals surface area (Å²) < 4.78 is 18.4. The minimum absolute atomic E-state index is 0.0222. The van der Waals surface area contributed by atoms with E-state index in [0.717, 1.165) is 24.8 Å². The number of anilines is 1. The van der Waals surface area contributed by atoms with Crippen LogP contribution in [-0.4, -0.2) is 59.0 Å². The van der Waals surface area contributed by atoms with Gasteiger partial charge in [-0.1, -0.05) is 141 Å². The molecular formula is C41H66N6O7. The van der Waals surface area contributed by atoms with Crippen molar-refractivity contribution in [2.45, 2.75) is 155 Å². The summed E-state index contributed by atoms with van der Waals surface area (Å²) in [6, 6.07) is 8.35. The quantitative estimate of drug-likeness (QED) is 0.0385. The second-order valence-corrected chi connectivity index (χ2v) is 14.8. The predicted molar refractivity (Wildman–Crippen MR) is 209 cm³/mol. The van der Waals surface area contributed by atoms with Crippen LogP contribution in [0.5, 0.6) is 0 Å². The smallest absolute Gasteiger partial charge is 0.408 e. The van der Waals surface area contributed by atoms with E-state index in [1.165, 1.54) is 83.4 Å². The maximum Gasteiger partial charge on any atom is 0.408 e. The number of unbranched alkanes of at least 4 members (excludes halogenated alkanes) is 14. The highest BCUT2D eigenvalue weighted by molar-refractivity contribution is 5.99. The Morgan fingerprint density at radius 1 is 0.852 bits per heavy atom. The van der Waals surface area contributed by atoms with E-state index < -0.39 is 24.4 Å². The maximum atomic E-state index is 13.1. The van der Waals surface area contributed by atoms with Crippen molar-refractivity contribution in [3.8, 4) is 0 Å². The predicted octanol–water partition coefficient (Wildman–Crippen LogP) is 7.59. The Morgan fingerprint density at radius 2 is 1.46 bits per heavy atom. The Balaban J connectivity index is 1.40. The van der Waals surface area contributed by atoms with Crippen molar-refractivity contribution in [3.63, 3.8) is 0 Å². The Bertz CT molecular complexity index is 1390. The van der Waals surface area contributed by atoms with Crippen LogP contribution in [0.3, 0.4) is 0 Å². The summed E-state index contributed by atoms with van der Waals surface area (Å²) in [5.74, 6) is -1.30. The first-order chi connectivity index (χ1) is 26.2. The molecule has 0 bridgehead atoms. The standard InChI is InChI=1S/C41H66N6O7/c1-4-5-6-7-8-9-10-11-12-13-14-15-16-17-21-24-34(48)53-29-33(27-47-30-43-36-37(47)45-40(42)46-38(36)49)25-26-52-39(50)35(31(2)3)44-41(51)54-28-32-22-19-18-20-23-32/h18-20,22-23,30-31,33,35,40,45H,4-17,21,24-29,42H2,1-3H3,(H,44,51)(H,46,49)/t33-,35+,40?/m1/s1. The van der Waals surface area contributed by atoms with Crippen LogP contribution in [0.1, 0.15) is 146 Å². The monoisotopic (exact) mass is 754 g/mol. The van der Waals surface area contributed by atoms with Gasteiger partial charge in [0.15, 0.2) is 12.0 Å². The third-order valence-electron chi connectivity index (χ3n) is 9.73. The number of nitrogens with one attached hydrogen (secondary N) is 3. The summed E-state index contributed by atoms with van der Waals surface area (Å²) in [5.41, 5.74) is 6.97. The number of hydrogen-bond donors (Lipinski definition) is 4. The summed E-state index contributed by atoms with van der Waals surface area (Å²) in [7, 11) is 0. The van der Waals surface area contributed by atoms with E-state index in [-0.39, 0.29) is 49.2 Å². The van der Waals surface area contributed by atoms with Gasteiger partial charge >= 0.3 is 18.0 Å². The van der Waals surface area contributed by atoms with E-state index in [4.69, 9.17) is 19.9 Å². The van der Waals surface area contributed by atoms with Crippen LogP contribution in [0.2, 0.25) is 0 Å². The molecule has 302 valence electrons. The van der Waals surface area contributed by atoms with E-state index >= 15 is 0 Å². The highest BCUT2D eigenvalue weighted by Crippen LogP contribution is 2.22. The molecule has 1 aromatic carbocycles. The molecule has 0 fully saturated rings. The molecule has 0 radical (unpaired) electrons. The lowest BCUT2D eigenvalue weighted by Gasteiger charge is -2.25. The summed E-state index contributed by atoms with van der Waals surface area (Å²) in [6.45, 7) is 6.39. The number of carbonyl (C=O) groups is 4. The highest BCUT2D eigenvalue weighted by Gasteiger charge is 2.29. The topological polar surface area (TPSA) is 176 Å². The van der Waals surface area contributed by atoms with Crippen LogP contribution < -0.4 is 21.7 Å². The van der Waals surface area contributed by atoms with Crippen molar-refractivity contribution >= 4 is 29.8 Å². The second kappa shape index (κ2) is 25.8. The molecule has 1 aliphatic rings. The Labute approximate surface area is 322 Å². The first-order valence-electron chi connectivity index (χ1n) is 20.4. The van der Waals surface area contributed by atoms with Crippen molar-refractivity contribution in [2.24, 2.45) is 17.6 Å². The number of imidazole rings is 1. The van der Waals surface area contributed by atoms with Gasteiger partial charge in [-0.25, -0.2) is 14.6 Å². The zero-order valence-corrected chi connectivity index (χ0v) is 33.0. The molecular weight excluding hydrogens is 688 g/mol. The number of aromatic nitrogens is 2. The molecule has 0 saturated carbocycles. The van der Waals surface area contributed by atoms with Crippen LogP contribution in [0.4, 0.5) is 10.6 Å². The van der Waals surface area contributed by atoms with E-state index in [2.05, 4.69) is 27.9 Å². The first kappa shape index (κ1) is 44.3. The normalized spacial score (nSPS) is 14.8. The van der Waals surface area contributed by atoms with Crippen LogP contribution in [0.15, 0.2) is 36.7 Å². The molecule has 1 aliphatic heterocycles. The van der Waals surface area contributed by atoms with Crippen molar-refractivity contribution in [1.29, 1.82) is 0 Å². The third-order valence-corrected chi connectivity index (χ3v) is 9.73. The summed E-state index contributed by atoms with van der Waals surface area (Å²) in [5, 5.41) is 8.22. The van der Waals surface area contributed by atoms with Crippen molar-refractivity contribution in [2.75, 3.05) is 18.5 Å². The molecule has 13 heteroatoms. The fraction of sp³-hybridized carbons (Fsp3) is 0.683. The van der Waals surface area contributed by atoms with E-state index in [0.29, 0.717) is 25.2 Å². The number of nitrogens with zero attached hydrogens (tertiary/aromatic N) is 2. The number of fused-ring (bicyclic) bond motifs is 1. The number of nitrogens with two attached hydrogens (primary N) is 1. The zero-order valence-electron chi connectivity index (χ0n) is 33.0. The largest absolute Gasteiger partial charge is 0.465 e. The Kier molecular flexibility index (Phi) is 21.2. The van der Waals surface area contributed by atoms with Gasteiger partial charge < -0.3 is 34.7 Å². The molecule has 3 atom stereocenters. The fourth-order valence-corrected chi connectivity index (χ4v) is 6.47. The highest BCUT2D eigenvalue weighted by atomic mass is 16.6. The third kappa shape index (κ3) is 17.3. The summed E-state index contributed by atoms with van der Waals surface area (Å²) in [4.78, 5) is 54.9. The molecule has 13 nitrogen and oxygen atoms in total. The van der Waals surface area contributed by atoms with Gasteiger partial charge in [0.05, 0.1) is 19.5 Å². The zero-order chi connectivity index (χ0) is 39.0. The summed E-state index contributed by atoms with van der Waals surface area (Å²) >= 11 is 0. The molecule has 1 unspecified atom stereocenters. The average Bonchev–Trinajstić information content (AvgIpc) is 3.56. The number of hydrogen-bond acceptors (Lipinski definition) is 10. The number of alkyl carbamates (subject to hydrolysis) is 1. The summed E-state index contributed by atoms with van der Waals surface area (Å²) in [6.07, 6.45) is 19.6. The van der Waals surface area contributed by atoms with E-state index in [1.54, 1.807) is 18.4 Å². The lowest BCUT2D eigenvalue weighted by Crippen LogP contribution is -2.51. The molecule has 0 spiro atoms. The van der Waals surface area contributed by atoms with Crippen molar-refractivity contribution < 1.29 is 33.4 Å². The number of ether oxygens (including phenoxy) is 3. The molecule has 5 N–H and O–H groups in total. The number of carbonyl (C=O) groups excluding carboxylic acids is 4. The Hall–Kier alpha value is -4.13. The number of rotatable bonds is 28. The van der Waals surface area contributed by atoms with Crippen molar-refractivity contribution in [1.82, 2.24) is 20.2 Å². The average molecular weight is 755 g/mol. The molecule has 1 aromatic heterocycles. The lowest BCUT2D eigenvalue weighted by molar-refractivity contribution is -0.149. The van der Waals surface area contributed by atoms with Gasteiger partial charge in [-0.3, -0.25) is 15.3 Å². The number of esters is 2. The first-order valence-corrected chi connectivity index (χ1v) is 20.4. The van der Waals surface area contributed by atoms with Crippen LogP contribution in [-0.2, 0) is 37.0 Å². The number of benzene rings is 1. The molecule has 0 aliphatic carbocycles. The van der Waals surface area contributed by atoms with Gasteiger partial charge in [0.1, 0.15) is 18.5 Å². The Morgan fingerprint density at radius 3 is 2.07 bits per heavy atom.